The molecular weight excluding hydrogens is 196 g/mol. The average molecular weight is 215 g/mol. The van der Waals surface area contributed by atoms with Gasteiger partial charge in [-0.2, -0.15) is 0 Å². The van der Waals surface area contributed by atoms with Crippen LogP contribution in [-0.2, 0) is 4.74 Å². The molecule has 0 amide bonds. The van der Waals surface area contributed by atoms with Crippen LogP contribution in [0.3, 0.4) is 0 Å². The summed E-state index contributed by atoms with van der Waals surface area (Å²) in [5, 5.41) is 0.272. The SMILES string of the molecule is ClC1C=C(CC2CCCO2)CCCC1. The highest BCUT2D eigenvalue weighted by Gasteiger charge is 2.18. The Hall–Kier alpha value is -0.0100. The number of allylic oxidation sites excluding steroid dienone is 1. The van der Waals surface area contributed by atoms with Crippen LogP contribution in [0, 0.1) is 0 Å². The number of alkyl halides is 1. The summed E-state index contributed by atoms with van der Waals surface area (Å²) in [4.78, 5) is 0. The first-order valence-electron chi connectivity index (χ1n) is 5.80. The first kappa shape index (κ1) is 10.5. The van der Waals surface area contributed by atoms with E-state index in [2.05, 4.69) is 6.08 Å². The minimum atomic E-state index is 0.272. The van der Waals surface area contributed by atoms with Gasteiger partial charge < -0.3 is 4.74 Å². The molecule has 1 fully saturated rings. The molecule has 80 valence electrons. The van der Waals surface area contributed by atoms with Crippen molar-refractivity contribution in [2.75, 3.05) is 6.61 Å². The van der Waals surface area contributed by atoms with Crippen LogP contribution in [0.15, 0.2) is 11.6 Å². The second kappa shape index (κ2) is 5.18. The summed E-state index contributed by atoms with van der Waals surface area (Å²) in [6, 6.07) is 0. The van der Waals surface area contributed by atoms with Gasteiger partial charge in [0.25, 0.3) is 0 Å². The van der Waals surface area contributed by atoms with Crippen LogP contribution in [0.2, 0.25) is 0 Å². The van der Waals surface area contributed by atoms with Crippen molar-refractivity contribution in [1.82, 2.24) is 0 Å². The summed E-state index contributed by atoms with van der Waals surface area (Å²) >= 11 is 6.18. The van der Waals surface area contributed by atoms with E-state index in [-0.39, 0.29) is 5.38 Å². The predicted molar refractivity (Wildman–Crippen MR) is 59.8 cm³/mol. The fourth-order valence-corrected chi connectivity index (χ4v) is 2.71. The zero-order chi connectivity index (χ0) is 9.80. The highest BCUT2D eigenvalue weighted by atomic mass is 35.5. The number of hydrogen-bond acceptors (Lipinski definition) is 1. The summed E-state index contributed by atoms with van der Waals surface area (Å²) in [6.45, 7) is 0.961. The molecule has 1 heterocycles. The third-order valence-electron chi connectivity index (χ3n) is 3.16. The quantitative estimate of drug-likeness (QED) is 0.504. The highest BCUT2D eigenvalue weighted by Crippen LogP contribution is 2.27. The van der Waals surface area contributed by atoms with Crippen molar-refractivity contribution < 1.29 is 4.74 Å². The van der Waals surface area contributed by atoms with Crippen LogP contribution < -0.4 is 0 Å². The fraction of sp³-hybridized carbons (Fsp3) is 0.833. The normalized spacial score (nSPS) is 33.9. The number of ether oxygens (including phenoxy) is 1. The Morgan fingerprint density at radius 3 is 3.00 bits per heavy atom. The molecule has 2 heteroatoms. The van der Waals surface area contributed by atoms with E-state index in [0.29, 0.717) is 6.10 Å². The molecule has 1 saturated heterocycles. The highest BCUT2D eigenvalue weighted by molar-refractivity contribution is 6.21. The van der Waals surface area contributed by atoms with Gasteiger partial charge in [-0.05, 0) is 38.5 Å². The van der Waals surface area contributed by atoms with Crippen molar-refractivity contribution >= 4 is 11.6 Å². The van der Waals surface area contributed by atoms with Gasteiger partial charge in [0.2, 0.25) is 0 Å². The maximum Gasteiger partial charge on any atom is 0.0613 e. The smallest absolute Gasteiger partial charge is 0.0613 e. The molecule has 0 aromatic carbocycles. The first-order valence-corrected chi connectivity index (χ1v) is 6.23. The second-order valence-electron chi connectivity index (χ2n) is 4.43. The second-order valence-corrected chi connectivity index (χ2v) is 4.99. The van der Waals surface area contributed by atoms with Crippen LogP contribution >= 0.6 is 11.6 Å². The van der Waals surface area contributed by atoms with Gasteiger partial charge >= 0.3 is 0 Å². The van der Waals surface area contributed by atoms with Crippen molar-refractivity contribution in [3.63, 3.8) is 0 Å². The molecule has 0 radical (unpaired) electrons. The third-order valence-corrected chi connectivity index (χ3v) is 3.50. The molecule has 0 spiro atoms. The van der Waals surface area contributed by atoms with Gasteiger partial charge in [0, 0.05) is 6.61 Å². The zero-order valence-electron chi connectivity index (χ0n) is 8.68. The van der Waals surface area contributed by atoms with Crippen LogP contribution in [0.25, 0.3) is 0 Å². The molecule has 1 aliphatic carbocycles. The maximum absolute atomic E-state index is 6.18. The first-order chi connectivity index (χ1) is 6.84. The largest absolute Gasteiger partial charge is 0.378 e. The molecule has 0 aromatic rings. The Morgan fingerprint density at radius 2 is 2.21 bits per heavy atom. The Bertz CT molecular complexity index is 206. The van der Waals surface area contributed by atoms with Crippen molar-refractivity contribution in [3.05, 3.63) is 11.6 Å². The van der Waals surface area contributed by atoms with E-state index in [4.69, 9.17) is 16.3 Å². The molecule has 0 saturated carbocycles. The lowest BCUT2D eigenvalue weighted by molar-refractivity contribution is 0.110. The van der Waals surface area contributed by atoms with Gasteiger partial charge in [-0.25, -0.2) is 0 Å². The minimum absolute atomic E-state index is 0.272. The topological polar surface area (TPSA) is 9.23 Å². The summed E-state index contributed by atoms with van der Waals surface area (Å²) in [5.41, 5.74) is 1.54. The molecule has 2 unspecified atom stereocenters. The van der Waals surface area contributed by atoms with Crippen LogP contribution in [0.4, 0.5) is 0 Å². The molecule has 1 aliphatic heterocycles. The van der Waals surface area contributed by atoms with Gasteiger partial charge in [-0.15, -0.1) is 11.6 Å². The number of rotatable bonds is 2. The monoisotopic (exact) mass is 214 g/mol. The minimum Gasteiger partial charge on any atom is -0.378 e. The number of hydrogen-bond donors (Lipinski definition) is 0. The van der Waals surface area contributed by atoms with Crippen molar-refractivity contribution in [3.8, 4) is 0 Å². The van der Waals surface area contributed by atoms with E-state index in [1.807, 2.05) is 0 Å². The molecule has 2 aliphatic rings. The van der Waals surface area contributed by atoms with Crippen molar-refractivity contribution in [1.29, 1.82) is 0 Å². The average Bonchev–Trinajstić information content (AvgIpc) is 2.56. The van der Waals surface area contributed by atoms with Crippen LogP contribution in [-0.4, -0.2) is 18.1 Å². The van der Waals surface area contributed by atoms with E-state index in [1.165, 1.54) is 37.7 Å². The Balaban J connectivity index is 1.87. The Kier molecular flexibility index (Phi) is 3.89. The summed E-state index contributed by atoms with van der Waals surface area (Å²) in [5.74, 6) is 0. The molecule has 2 rings (SSSR count). The van der Waals surface area contributed by atoms with Gasteiger partial charge in [0.1, 0.15) is 0 Å². The van der Waals surface area contributed by atoms with E-state index in [0.717, 1.165) is 19.4 Å². The molecule has 14 heavy (non-hydrogen) atoms. The van der Waals surface area contributed by atoms with Crippen molar-refractivity contribution in [2.45, 2.75) is 56.4 Å². The Labute approximate surface area is 91.5 Å². The van der Waals surface area contributed by atoms with Crippen molar-refractivity contribution in [2.24, 2.45) is 0 Å². The summed E-state index contributed by atoms with van der Waals surface area (Å²) in [6.07, 6.45) is 11.3. The molecule has 2 atom stereocenters. The number of halogens is 1. The molecule has 0 aromatic heterocycles. The van der Waals surface area contributed by atoms with E-state index >= 15 is 0 Å². The lowest BCUT2D eigenvalue weighted by Crippen LogP contribution is -2.06. The predicted octanol–water partition coefficient (Wildman–Crippen LogP) is 3.66. The van der Waals surface area contributed by atoms with Crippen LogP contribution in [0.1, 0.15) is 44.9 Å². The summed E-state index contributed by atoms with van der Waals surface area (Å²) < 4.78 is 5.65. The fourth-order valence-electron chi connectivity index (χ4n) is 2.38. The van der Waals surface area contributed by atoms with Gasteiger partial charge in [-0.1, -0.05) is 18.1 Å². The lowest BCUT2D eigenvalue weighted by atomic mass is 10.0. The van der Waals surface area contributed by atoms with E-state index in [9.17, 15) is 0 Å². The van der Waals surface area contributed by atoms with Crippen LogP contribution in [0.5, 0.6) is 0 Å². The van der Waals surface area contributed by atoms with E-state index < -0.39 is 0 Å². The molecule has 0 bridgehead atoms. The van der Waals surface area contributed by atoms with Gasteiger partial charge in [0.05, 0.1) is 11.5 Å². The summed E-state index contributed by atoms with van der Waals surface area (Å²) in [7, 11) is 0. The van der Waals surface area contributed by atoms with Gasteiger partial charge in [-0.3, -0.25) is 0 Å². The van der Waals surface area contributed by atoms with E-state index in [1.54, 1.807) is 0 Å². The zero-order valence-corrected chi connectivity index (χ0v) is 9.43. The Morgan fingerprint density at radius 1 is 1.29 bits per heavy atom. The molecular formula is C12H19ClO. The molecule has 0 N–H and O–H groups in total. The van der Waals surface area contributed by atoms with Gasteiger partial charge in [0.15, 0.2) is 0 Å². The molecule has 1 nitrogen and oxygen atoms in total. The third kappa shape index (κ3) is 2.99. The maximum atomic E-state index is 6.18. The lowest BCUT2D eigenvalue weighted by Gasteiger charge is -2.11. The standard InChI is InChI=1S/C12H19ClO/c13-11-5-2-1-4-10(8-11)9-12-6-3-7-14-12/h8,11-12H,1-7,9H2.